The average molecular weight is 332 g/mol. The van der Waals surface area contributed by atoms with Gasteiger partial charge in [-0.2, -0.15) is 4.98 Å². The summed E-state index contributed by atoms with van der Waals surface area (Å²) >= 11 is 3.02. The van der Waals surface area contributed by atoms with Crippen LogP contribution in [0.25, 0.3) is 10.7 Å². The van der Waals surface area contributed by atoms with E-state index in [1.165, 1.54) is 23.1 Å². The van der Waals surface area contributed by atoms with Crippen LogP contribution in [0.1, 0.15) is 16.2 Å². The van der Waals surface area contributed by atoms with Gasteiger partial charge in [0, 0.05) is 4.90 Å². The quantitative estimate of drug-likeness (QED) is 0.522. The average Bonchev–Trinajstić information content (AvgIpc) is 3.23. The summed E-state index contributed by atoms with van der Waals surface area (Å²) in [6.45, 7) is -0.0417. The zero-order valence-electron chi connectivity index (χ0n) is 11.7. The summed E-state index contributed by atoms with van der Waals surface area (Å²) in [7, 11) is 0. The Morgan fingerprint density at radius 3 is 2.95 bits per heavy atom. The molecule has 3 aromatic rings. The van der Waals surface area contributed by atoms with Gasteiger partial charge in [-0.3, -0.25) is 0 Å². The second-order valence-electron chi connectivity index (χ2n) is 4.27. The van der Waals surface area contributed by atoms with E-state index < -0.39 is 5.97 Å². The minimum atomic E-state index is -0.402. The van der Waals surface area contributed by atoms with Gasteiger partial charge >= 0.3 is 5.97 Å². The summed E-state index contributed by atoms with van der Waals surface area (Å²) in [4.78, 5) is 18.1. The largest absolute Gasteiger partial charge is 0.452 e. The summed E-state index contributed by atoms with van der Waals surface area (Å²) in [5.41, 5.74) is 0.535. The predicted molar refractivity (Wildman–Crippen MR) is 85.0 cm³/mol. The van der Waals surface area contributed by atoms with Crippen molar-refractivity contribution in [3.05, 3.63) is 53.2 Å². The second-order valence-corrected chi connectivity index (χ2v) is 6.06. The van der Waals surface area contributed by atoms with E-state index in [1.807, 2.05) is 35.9 Å². The standard InChI is InChI=1S/C15H12N2O3S2/c1-21-11-6-3-2-5-10(11)15(18)19-9-13-16-14(17-20-13)12-7-4-8-22-12/h2-8H,9H2,1H3. The van der Waals surface area contributed by atoms with Gasteiger partial charge in [0.15, 0.2) is 6.61 Å². The first-order valence-electron chi connectivity index (χ1n) is 6.44. The Bertz CT molecular complexity index is 769. The Balaban J connectivity index is 1.66. The number of hydrogen-bond donors (Lipinski definition) is 0. The molecule has 0 radical (unpaired) electrons. The number of hydrogen-bond acceptors (Lipinski definition) is 7. The number of carbonyl (C=O) groups excluding carboxylic acids is 1. The van der Waals surface area contributed by atoms with Gasteiger partial charge in [-0.05, 0) is 29.8 Å². The zero-order valence-corrected chi connectivity index (χ0v) is 13.3. The molecule has 3 rings (SSSR count). The van der Waals surface area contributed by atoms with E-state index in [0.29, 0.717) is 11.4 Å². The first kappa shape index (κ1) is 14.8. The van der Waals surface area contributed by atoms with Crippen molar-refractivity contribution in [3.8, 4) is 10.7 Å². The maximum absolute atomic E-state index is 12.1. The van der Waals surface area contributed by atoms with Crippen molar-refractivity contribution in [2.45, 2.75) is 11.5 Å². The maximum Gasteiger partial charge on any atom is 0.339 e. The molecule has 2 heterocycles. The number of nitrogens with zero attached hydrogens (tertiary/aromatic N) is 2. The van der Waals surface area contributed by atoms with Crippen molar-refractivity contribution in [3.63, 3.8) is 0 Å². The van der Waals surface area contributed by atoms with Crippen LogP contribution in [0.2, 0.25) is 0 Å². The van der Waals surface area contributed by atoms with E-state index in [-0.39, 0.29) is 12.5 Å². The third-order valence-corrected chi connectivity index (χ3v) is 4.52. The highest BCUT2D eigenvalue weighted by Gasteiger charge is 2.15. The van der Waals surface area contributed by atoms with Crippen LogP contribution in [0.3, 0.4) is 0 Å². The normalized spacial score (nSPS) is 10.6. The molecular weight excluding hydrogens is 320 g/mol. The molecule has 0 N–H and O–H groups in total. The van der Waals surface area contributed by atoms with E-state index in [4.69, 9.17) is 9.26 Å². The summed E-state index contributed by atoms with van der Waals surface area (Å²) < 4.78 is 10.3. The number of benzene rings is 1. The molecule has 0 unspecified atom stereocenters. The smallest absolute Gasteiger partial charge is 0.339 e. The molecule has 0 aliphatic heterocycles. The highest BCUT2D eigenvalue weighted by atomic mass is 32.2. The number of esters is 1. The number of ether oxygens (including phenoxy) is 1. The molecule has 5 nitrogen and oxygen atoms in total. The van der Waals surface area contributed by atoms with Gasteiger partial charge in [-0.15, -0.1) is 23.1 Å². The van der Waals surface area contributed by atoms with Gasteiger partial charge in [0.05, 0.1) is 10.4 Å². The van der Waals surface area contributed by atoms with Gasteiger partial charge < -0.3 is 9.26 Å². The minimum Gasteiger partial charge on any atom is -0.452 e. The molecule has 7 heteroatoms. The van der Waals surface area contributed by atoms with E-state index in [0.717, 1.165) is 9.77 Å². The summed E-state index contributed by atoms with van der Waals surface area (Å²) in [6, 6.07) is 11.1. The van der Waals surface area contributed by atoms with Crippen LogP contribution in [0.5, 0.6) is 0 Å². The lowest BCUT2D eigenvalue weighted by molar-refractivity contribution is 0.0425. The van der Waals surface area contributed by atoms with Gasteiger partial charge in [-0.1, -0.05) is 23.4 Å². The van der Waals surface area contributed by atoms with Crippen LogP contribution >= 0.6 is 23.1 Å². The molecule has 0 aliphatic carbocycles. The van der Waals surface area contributed by atoms with Gasteiger partial charge in [0.2, 0.25) is 5.82 Å². The Morgan fingerprint density at radius 2 is 2.18 bits per heavy atom. The van der Waals surface area contributed by atoms with Crippen molar-refractivity contribution < 1.29 is 14.1 Å². The predicted octanol–water partition coefficient (Wildman–Crippen LogP) is 3.88. The highest BCUT2D eigenvalue weighted by Crippen LogP contribution is 2.23. The van der Waals surface area contributed by atoms with Crippen molar-refractivity contribution >= 4 is 29.1 Å². The first-order chi connectivity index (χ1) is 10.8. The summed E-state index contributed by atoms with van der Waals surface area (Å²) in [5, 5.41) is 5.81. The summed E-state index contributed by atoms with van der Waals surface area (Å²) in [6.07, 6.45) is 1.91. The Kier molecular flexibility index (Phi) is 4.55. The summed E-state index contributed by atoms with van der Waals surface area (Å²) in [5.74, 6) is 0.379. The molecule has 22 heavy (non-hydrogen) atoms. The Morgan fingerprint density at radius 1 is 1.32 bits per heavy atom. The van der Waals surface area contributed by atoms with Crippen molar-refractivity contribution in [1.82, 2.24) is 10.1 Å². The topological polar surface area (TPSA) is 65.2 Å². The number of thiophene rings is 1. The molecular formula is C15H12N2O3S2. The fraction of sp³-hybridized carbons (Fsp3) is 0.133. The number of carbonyl (C=O) groups is 1. The van der Waals surface area contributed by atoms with Crippen LogP contribution in [0.4, 0.5) is 0 Å². The lowest BCUT2D eigenvalue weighted by Gasteiger charge is -2.05. The SMILES string of the molecule is CSc1ccccc1C(=O)OCc1nc(-c2cccs2)no1. The van der Waals surface area contributed by atoms with E-state index in [1.54, 1.807) is 12.1 Å². The lowest BCUT2D eigenvalue weighted by atomic mass is 10.2. The number of aromatic nitrogens is 2. The fourth-order valence-corrected chi connectivity index (χ4v) is 3.07. The van der Waals surface area contributed by atoms with Crippen LogP contribution in [-0.4, -0.2) is 22.4 Å². The highest BCUT2D eigenvalue weighted by molar-refractivity contribution is 7.98. The Labute approximate surface area is 135 Å². The molecule has 112 valence electrons. The van der Waals surface area contributed by atoms with Crippen LogP contribution in [0.15, 0.2) is 51.2 Å². The third kappa shape index (κ3) is 3.20. The molecule has 2 aromatic heterocycles. The van der Waals surface area contributed by atoms with E-state index in [2.05, 4.69) is 10.1 Å². The molecule has 0 aliphatic rings. The van der Waals surface area contributed by atoms with Gasteiger partial charge in [-0.25, -0.2) is 4.79 Å². The zero-order chi connectivity index (χ0) is 15.4. The molecule has 0 saturated heterocycles. The molecule has 0 bridgehead atoms. The molecule has 0 saturated carbocycles. The van der Waals surface area contributed by atoms with Crippen LogP contribution in [-0.2, 0) is 11.3 Å². The lowest BCUT2D eigenvalue weighted by Crippen LogP contribution is -2.06. The molecule has 0 amide bonds. The molecule has 1 aromatic carbocycles. The number of rotatable bonds is 5. The van der Waals surface area contributed by atoms with Gasteiger partial charge in [0.25, 0.3) is 5.89 Å². The third-order valence-electron chi connectivity index (χ3n) is 2.86. The van der Waals surface area contributed by atoms with E-state index in [9.17, 15) is 4.79 Å². The van der Waals surface area contributed by atoms with Crippen LogP contribution in [0, 0.1) is 0 Å². The first-order valence-corrected chi connectivity index (χ1v) is 8.55. The Hall–Kier alpha value is -2.12. The molecule has 0 spiro atoms. The molecule has 0 fully saturated rings. The fourth-order valence-electron chi connectivity index (χ4n) is 1.84. The minimum absolute atomic E-state index is 0.0417. The van der Waals surface area contributed by atoms with E-state index >= 15 is 0 Å². The second kappa shape index (κ2) is 6.76. The van der Waals surface area contributed by atoms with Crippen LogP contribution < -0.4 is 0 Å². The van der Waals surface area contributed by atoms with Crippen molar-refractivity contribution in [1.29, 1.82) is 0 Å². The maximum atomic E-state index is 12.1. The van der Waals surface area contributed by atoms with Gasteiger partial charge in [0.1, 0.15) is 0 Å². The monoisotopic (exact) mass is 332 g/mol. The number of thioether (sulfide) groups is 1. The van der Waals surface area contributed by atoms with Crippen molar-refractivity contribution in [2.24, 2.45) is 0 Å². The molecule has 0 atom stereocenters. The van der Waals surface area contributed by atoms with Crippen molar-refractivity contribution in [2.75, 3.05) is 6.26 Å².